The molecule has 3 aromatic rings. The molecule has 2 amide bonds. The molecule has 0 saturated carbocycles. The van der Waals surface area contributed by atoms with Crippen molar-refractivity contribution in [2.24, 2.45) is 0 Å². The van der Waals surface area contributed by atoms with Gasteiger partial charge in [0.2, 0.25) is 5.91 Å². The van der Waals surface area contributed by atoms with Gasteiger partial charge in [-0.1, -0.05) is 78.9 Å². The number of rotatable bonds is 9. The van der Waals surface area contributed by atoms with Crippen LogP contribution in [0.4, 0.5) is 0 Å². The summed E-state index contributed by atoms with van der Waals surface area (Å²) in [4.78, 5) is 25.7. The molecule has 156 valence electrons. The Bertz CT molecular complexity index is 1010. The van der Waals surface area contributed by atoms with Crippen LogP contribution in [0.15, 0.2) is 91.0 Å². The molecular weight excluding hydrogens is 386 g/mol. The molecule has 0 unspecified atom stereocenters. The Labute approximate surface area is 182 Å². The fraction of sp³-hybridized carbons (Fsp3) is 0.192. The third-order valence-electron chi connectivity index (χ3n) is 4.98. The number of carbonyl (C=O) groups is 2. The Hall–Kier alpha value is -3.91. The predicted octanol–water partition coefficient (Wildman–Crippen LogP) is 3.67. The first-order chi connectivity index (χ1) is 15.2. The molecule has 5 heteroatoms. The van der Waals surface area contributed by atoms with Gasteiger partial charge in [0.15, 0.2) is 0 Å². The first-order valence-electron chi connectivity index (χ1n) is 10.3. The van der Waals surface area contributed by atoms with Gasteiger partial charge in [0.25, 0.3) is 5.91 Å². The van der Waals surface area contributed by atoms with E-state index < -0.39 is 12.1 Å². The van der Waals surface area contributed by atoms with Crippen molar-refractivity contribution in [3.8, 4) is 6.07 Å². The molecule has 0 aliphatic rings. The second kappa shape index (κ2) is 11.3. The molecule has 3 aromatic carbocycles. The minimum absolute atomic E-state index is 0.325. The molecule has 0 aliphatic heterocycles. The molecule has 2 atom stereocenters. The molecule has 0 bridgehead atoms. The van der Waals surface area contributed by atoms with E-state index in [2.05, 4.69) is 16.7 Å². The summed E-state index contributed by atoms with van der Waals surface area (Å²) in [5, 5.41) is 15.2. The number of nitriles is 1. The van der Waals surface area contributed by atoms with Gasteiger partial charge in [0, 0.05) is 12.0 Å². The van der Waals surface area contributed by atoms with Crippen LogP contribution in [0.5, 0.6) is 0 Å². The zero-order valence-electron chi connectivity index (χ0n) is 17.2. The fourth-order valence-electron chi connectivity index (χ4n) is 3.29. The first-order valence-corrected chi connectivity index (χ1v) is 10.3. The van der Waals surface area contributed by atoms with E-state index in [9.17, 15) is 14.9 Å². The van der Waals surface area contributed by atoms with E-state index in [1.54, 1.807) is 24.3 Å². The molecule has 0 aromatic heterocycles. The average molecular weight is 412 g/mol. The Balaban J connectivity index is 1.68. The smallest absolute Gasteiger partial charge is 0.251 e. The maximum absolute atomic E-state index is 13.0. The molecule has 0 spiro atoms. The highest BCUT2D eigenvalue weighted by atomic mass is 16.2. The van der Waals surface area contributed by atoms with Crippen LogP contribution in [0.1, 0.15) is 27.9 Å². The summed E-state index contributed by atoms with van der Waals surface area (Å²) >= 11 is 0. The van der Waals surface area contributed by atoms with Gasteiger partial charge >= 0.3 is 0 Å². The third-order valence-corrected chi connectivity index (χ3v) is 4.98. The van der Waals surface area contributed by atoms with Crippen molar-refractivity contribution in [3.05, 3.63) is 108 Å². The minimum atomic E-state index is -0.789. The normalized spacial score (nSPS) is 12.2. The van der Waals surface area contributed by atoms with Gasteiger partial charge in [-0.25, -0.2) is 0 Å². The summed E-state index contributed by atoms with van der Waals surface area (Å²) in [6, 6.07) is 28.8. The van der Waals surface area contributed by atoms with Crippen LogP contribution in [0, 0.1) is 11.3 Å². The number of benzene rings is 3. The first kappa shape index (κ1) is 21.8. The zero-order valence-corrected chi connectivity index (χ0v) is 17.2. The molecule has 0 aliphatic carbocycles. The van der Waals surface area contributed by atoms with Crippen LogP contribution < -0.4 is 10.6 Å². The van der Waals surface area contributed by atoms with Crippen molar-refractivity contribution in [2.75, 3.05) is 0 Å². The second-order valence-electron chi connectivity index (χ2n) is 7.30. The second-order valence-corrected chi connectivity index (χ2v) is 7.30. The summed E-state index contributed by atoms with van der Waals surface area (Å²) < 4.78 is 0. The number of amides is 2. The van der Waals surface area contributed by atoms with Crippen LogP contribution >= 0.6 is 0 Å². The lowest BCUT2D eigenvalue weighted by Gasteiger charge is -2.21. The van der Waals surface area contributed by atoms with Crippen LogP contribution in [0.25, 0.3) is 0 Å². The maximum Gasteiger partial charge on any atom is 0.251 e. The van der Waals surface area contributed by atoms with Gasteiger partial charge in [-0.3, -0.25) is 9.59 Å². The molecule has 0 radical (unpaired) electrons. The van der Waals surface area contributed by atoms with Crippen molar-refractivity contribution in [3.63, 3.8) is 0 Å². The minimum Gasteiger partial charge on any atom is -0.340 e. The van der Waals surface area contributed by atoms with Gasteiger partial charge in [0.1, 0.15) is 12.1 Å². The Morgan fingerprint density at radius 3 is 1.90 bits per heavy atom. The number of carbonyl (C=O) groups excluding carboxylic acids is 2. The van der Waals surface area contributed by atoms with Crippen LogP contribution in [0.3, 0.4) is 0 Å². The van der Waals surface area contributed by atoms with E-state index in [4.69, 9.17) is 0 Å². The Morgan fingerprint density at radius 1 is 0.774 bits per heavy atom. The van der Waals surface area contributed by atoms with Gasteiger partial charge in [0.05, 0.1) is 6.07 Å². The molecule has 0 saturated heterocycles. The fourth-order valence-corrected chi connectivity index (χ4v) is 3.29. The zero-order chi connectivity index (χ0) is 21.9. The molecule has 5 nitrogen and oxygen atoms in total. The predicted molar refractivity (Wildman–Crippen MR) is 120 cm³/mol. The molecule has 2 N–H and O–H groups in total. The Kier molecular flexibility index (Phi) is 7.96. The van der Waals surface area contributed by atoms with E-state index in [0.717, 1.165) is 11.1 Å². The third kappa shape index (κ3) is 6.83. The highest BCUT2D eigenvalue weighted by molar-refractivity contribution is 5.97. The highest BCUT2D eigenvalue weighted by Crippen LogP contribution is 2.08. The summed E-state index contributed by atoms with van der Waals surface area (Å²) in [5.41, 5.74) is 2.51. The maximum atomic E-state index is 13.0. The molecule has 0 fully saturated rings. The molecule has 0 heterocycles. The molecular formula is C26H25N3O2. The number of aryl methyl sites for hydroxylation is 1. The van der Waals surface area contributed by atoms with Crippen molar-refractivity contribution in [2.45, 2.75) is 31.3 Å². The quantitative estimate of drug-likeness (QED) is 0.564. The summed E-state index contributed by atoms with van der Waals surface area (Å²) in [6.07, 6.45) is 1.51. The highest BCUT2D eigenvalue weighted by Gasteiger charge is 2.24. The van der Waals surface area contributed by atoms with Crippen LogP contribution in [-0.4, -0.2) is 23.9 Å². The summed E-state index contributed by atoms with van der Waals surface area (Å²) in [7, 11) is 0. The lowest BCUT2D eigenvalue weighted by Crippen LogP contribution is -2.50. The number of hydrogen-bond acceptors (Lipinski definition) is 3. The van der Waals surface area contributed by atoms with E-state index >= 15 is 0 Å². The average Bonchev–Trinajstić information content (AvgIpc) is 2.83. The molecule has 31 heavy (non-hydrogen) atoms. The molecule has 3 rings (SSSR count). The standard InChI is InChI=1S/C26H25N3O2/c27-19-23(17-16-20-10-4-1-5-11-20)28-26(31)24(18-21-12-6-2-7-13-21)29-25(30)22-14-8-3-9-15-22/h1-15,23-24H,16-18H2,(H,28,31)(H,29,30)/t23-,24-/m0/s1. The SMILES string of the molecule is N#C[C@H](CCc1ccccc1)NC(=O)[C@H](Cc1ccccc1)NC(=O)c1ccccc1. The lowest BCUT2D eigenvalue weighted by molar-refractivity contribution is -0.123. The van der Waals surface area contributed by atoms with Crippen molar-refractivity contribution in [1.82, 2.24) is 10.6 Å². The van der Waals surface area contributed by atoms with Gasteiger partial charge in [-0.05, 0) is 36.1 Å². The van der Waals surface area contributed by atoms with Crippen molar-refractivity contribution < 1.29 is 9.59 Å². The number of nitrogens with one attached hydrogen (secondary N) is 2. The van der Waals surface area contributed by atoms with Crippen molar-refractivity contribution in [1.29, 1.82) is 5.26 Å². The van der Waals surface area contributed by atoms with E-state index in [1.807, 2.05) is 66.7 Å². The largest absolute Gasteiger partial charge is 0.340 e. The van der Waals surface area contributed by atoms with E-state index in [1.165, 1.54) is 0 Å². The van der Waals surface area contributed by atoms with Crippen LogP contribution in [-0.2, 0) is 17.6 Å². The monoisotopic (exact) mass is 411 g/mol. The summed E-state index contributed by atoms with van der Waals surface area (Å²) in [5.74, 6) is -0.692. The van der Waals surface area contributed by atoms with Gasteiger partial charge in [-0.15, -0.1) is 0 Å². The topological polar surface area (TPSA) is 82.0 Å². The Morgan fingerprint density at radius 2 is 1.32 bits per heavy atom. The van der Waals surface area contributed by atoms with Crippen molar-refractivity contribution >= 4 is 11.8 Å². The van der Waals surface area contributed by atoms with E-state index in [-0.39, 0.29) is 11.8 Å². The van der Waals surface area contributed by atoms with Gasteiger partial charge < -0.3 is 10.6 Å². The lowest BCUT2D eigenvalue weighted by atomic mass is 10.0. The van der Waals surface area contributed by atoms with Gasteiger partial charge in [-0.2, -0.15) is 5.26 Å². The summed E-state index contributed by atoms with van der Waals surface area (Å²) in [6.45, 7) is 0. The van der Waals surface area contributed by atoms with E-state index in [0.29, 0.717) is 24.8 Å². The van der Waals surface area contributed by atoms with Crippen LogP contribution in [0.2, 0.25) is 0 Å². The number of hydrogen-bond donors (Lipinski definition) is 2. The number of nitrogens with zero attached hydrogens (tertiary/aromatic N) is 1.